The summed E-state index contributed by atoms with van der Waals surface area (Å²) in [7, 11) is 0. The smallest absolute Gasteiger partial charge is 0.203 e. The van der Waals surface area contributed by atoms with Crippen molar-refractivity contribution in [1.82, 2.24) is 24.7 Å². The molecule has 160 valence electrons. The Morgan fingerprint density at radius 3 is 2.27 bits per heavy atom. The highest BCUT2D eigenvalue weighted by atomic mass is 32.2. The molecule has 3 aromatic heterocycles. The van der Waals surface area contributed by atoms with E-state index in [9.17, 15) is 0 Å². The minimum Gasteiger partial charge on any atom is -0.269 e. The molecule has 3 heterocycles. The van der Waals surface area contributed by atoms with Gasteiger partial charge in [0.1, 0.15) is 5.01 Å². The molecule has 6 aromatic rings. The molecule has 5 nitrogen and oxygen atoms in total. The molecule has 0 N–H and O–H groups in total. The lowest BCUT2D eigenvalue weighted by Gasteiger charge is -2.08. The molecule has 0 aliphatic rings. The zero-order valence-electron chi connectivity index (χ0n) is 17.5. The maximum absolute atomic E-state index is 4.83. The molecule has 8 heteroatoms. The highest BCUT2D eigenvalue weighted by Crippen LogP contribution is 2.39. The number of para-hydroxylation sites is 2. The quantitative estimate of drug-likeness (QED) is 0.261. The largest absolute Gasteiger partial charge is 0.269 e. The fourth-order valence-corrected chi connectivity index (χ4v) is 6.64. The number of fused-ring (bicyclic) bond motifs is 1. The van der Waals surface area contributed by atoms with Crippen LogP contribution in [-0.4, -0.2) is 24.7 Å². The first-order valence-electron chi connectivity index (χ1n) is 10.3. The first-order chi connectivity index (χ1) is 16.3. The highest BCUT2D eigenvalue weighted by Gasteiger charge is 2.22. The molecule has 0 saturated carbocycles. The van der Waals surface area contributed by atoms with E-state index in [1.165, 1.54) is 0 Å². The lowest BCUT2D eigenvalue weighted by Crippen LogP contribution is -1.99. The third kappa shape index (κ3) is 3.86. The van der Waals surface area contributed by atoms with Gasteiger partial charge < -0.3 is 0 Å². The normalized spacial score (nSPS) is 11.3. The van der Waals surface area contributed by atoms with Gasteiger partial charge in [-0.2, -0.15) is 0 Å². The standard InChI is InChI=1S/C25H17N5S3/c1-16-21(32-23(26-16)17-10-4-2-5-11-17)22-28-29-24(30(22)18-12-6-3-7-13-18)33-25-27-19-14-8-9-15-20(19)31-25/h2-15H,1H3. The Morgan fingerprint density at radius 2 is 1.48 bits per heavy atom. The Balaban J connectivity index is 1.47. The Morgan fingerprint density at radius 1 is 0.758 bits per heavy atom. The van der Waals surface area contributed by atoms with Crippen LogP contribution in [0.3, 0.4) is 0 Å². The van der Waals surface area contributed by atoms with Gasteiger partial charge >= 0.3 is 0 Å². The molecule has 0 fully saturated rings. The molecular weight excluding hydrogens is 467 g/mol. The average molecular weight is 484 g/mol. The molecule has 0 aliphatic carbocycles. The van der Waals surface area contributed by atoms with Crippen LogP contribution in [0.25, 0.3) is 37.2 Å². The molecule has 33 heavy (non-hydrogen) atoms. The number of thiazole rings is 2. The second kappa shape index (κ2) is 8.55. The number of aryl methyl sites for hydroxylation is 1. The number of benzene rings is 3. The predicted molar refractivity (Wildman–Crippen MR) is 136 cm³/mol. The van der Waals surface area contributed by atoms with Crippen molar-refractivity contribution in [2.75, 3.05) is 0 Å². The van der Waals surface area contributed by atoms with Crippen molar-refractivity contribution in [3.63, 3.8) is 0 Å². The Labute approximate surface area is 202 Å². The maximum atomic E-state index is 4.83. The number of hydrogen-bond donors (Lipinski definition) is 0. The summed E-state index contributed by atoms with van der Waals surface area (Å²) in [4.78, 5) is 10.6. The van der Waals surface area contributed by atoms with E-state index in [4.69, 9.17) is 9.97 Å². The Bertz CT molecular complexity index is 1520. The number of rotatable bonds is 5. The van der Waals surface area contributed by atoms with Crippen molar-refractivity contribution in [3.05, 3.63) is 90.6 Å². The summed E-state index contributed by atoms with van der Waals surface area (Å²) >= 11 is 4.85. The number of aromatic nitrogens is 5. The van der Waals surface area contributed by atoms with Crippen LogP contribution < -0.4 is 0 Å². The molecular formula is C25H17N5S3. The number of nitrogens with zero attached hydrogens (tertiary/aromatic N) is 5. The monoisotopic (exact) mass is 483 g/mol. The van der Waals surface area contributed by atoms with Crippen molar-refractivity contribution < 1.29 is 0 Å². The highest BCUT2D eigenvalue weighted by molar-refractivity contribution is 8.01. The third-order valence-corrected chi connectivity index (χ3v) is 8.37. The van der Waals surface area contributed by atoms with Gasteiger partial charge in [-0.05, 0) is 43.0 Å². The van der Waals surface area contributed by atoms with Gasteiger partial charge in [-0.3, -0.25) is 4.57 Å². The fourth-order valence-electron chi connectivity index (χ4n) is 3.57. The van der Waals surface area contributed by atoms with Crippen LogP contribution in [0, 0.1) is 6.92 Å². The average Bonchev–Trinajstić information content (AvgIpc) is 3.56. The van der Waals surface area contributed by atoms with Crippen LogP contribution in [0.2, 0.25) is 0 Å². The molecule has 0 aliphatic heterocycles. The molecule has 0 bridgehead atoms. The van der Waals surface area contributed by atoms with Gasteiger partial charge in [0.2, 0.25) is 5.16 Å². The topological polar surface area (TPSA) is 56.5 Å². The SMILES string of the molecule is Cc1nc(-c2ccccc2)sc1-c1nnc(Sc2nc3ccccc3s2)n1-c1ccccc1. The molecule has 6 rings (SSSR count). The van der Waals surface area contributed by atoms with E-state index in [1.54, 1.807) is 34.4 Å². The van der Waals surface area contributed by atoms with Crippen LogP contribution in [0.5, 0.6) is 0 Å². The van der Waals surface area contributed by atoms with Crippen LogP contribution >= 0.6 is 34.4 Å². The second-order valence-electron chi connectivity index (χ2n) is 7.33. The minimum absolute atomic E-state index is 0.782. The van der Waals surface area contributed by atoms with Crippen molar-refractivity contribution in [1.29, 1.82) is 0 Å². The van der Waals surface area contributed by atoms with Crippen molar-refractivity contribution in [3.8, 4) is 27.0 Å². The first-order valence-corrected chi connectivity index (χ1v) is 12.8. The summed E-state index contributed by atoms with van der Waals surface area (Å²) in [6.45, 7) is 2.03. The molecule has 0 unspecified atom stereocenters. The molecule has 0 spiro atoms. The second-order valence-corrected chi connectivity index (χ2v) is 10.6. The van der Waals surface area contributed by atoms with Gasteiger partial charge in [0.25, 0.3) is 0 Å². The third-order valence-electron chi connectivity index (χ3n) is 5.12. The van der Waals surface area contributed by atoms with E-state index in [0.29, 0.717) is 0 Å². The summed E-state index contributed by atoms with van der Waals surface area (Å²) in [5.41, 5.74) is 4.06. The van der Waals surface area contributed by atoms with Crippen molar-refractivity contribution in [2.45, 2.75) is 16.4 Å². The molecule has 3 aromatic carbocycles. The first kappa shape index (κ1) is 20.3. The summed E-state index contributed by atoms with van der Waals surface area (Å²) in [6.07, 6.45) is 0. The molecule has 0 radical (unpaired) electrons. The van der Waals surface area contributed by atoms with Crippen molar-refractivity contribution in [2.24, 2.45) is 0 Å². The van der Waals surface area contributed by atoms with E-state index in [0.717, 1.165) is 52.4 Å². The van der Waals surface area contributed by atoms with Crippen LogP contribution in [-0.2, 0) is 0 Å². The summed E-state index contributed by atoms with van der Waals surface area (Å²) < 4.78 is 4.21. The zero-order valence-corrected chi connectivity index (χ0v) is 20.0. The lowest BCUT2D eigenvalue weighted by atomic mass is 10.2. The summed E-state index contributed by atoms with van der Waals surface area (Å²) in [5.74, 6) is 0.794. The minimum atomic E-state index is 0.782. The van der Waals surface area contributed by atoms with Crippen LogP contribution in [0.4, 0.5) is 0 Å². The molecule has 0 amide bonds. The van der Waals surface area contributed by atoms with E-state index in [2.05, 4.69) is 45.1 Å². The van der Waals surface area contributed by atoms with E-state index in [1.807, 2.05) is 61.5 Å². The molecule has 0 saturated heterocycles. The van der Waals surface area contributed by atoms with Gasteiger partial charge in [-0.25, -0.2) is 9.97 Å². The zero-order chi connectivity index (χ0) is 22.2. The van der Waals surface area contributed by atoms with Gasteiger partial charge in [0.15, 0.2) is 10.2 Å². The number of hydrogen-bond acceptors (Lipinski definition) is 7. The van der Waals surface area contributed by atoms with Gasteiger partial charge in [0.05, 0.1) is 20.8 Å². The van der Waals surface area contributed by atoms with E-state index in [-0.39, 0.29) is 0 Å². The van der Waals surface area contributed by atoms with Crippen LogP contribution in [0.1, 0.15) is 5.69 Å². The van der Waals surface area contributed by atoms with Gasteiger partial charge in [-0.1, -0.05) is 60.7 Å². The summed E-state index contributed by atoms with van der Waals surface area (Å²) in [5, 5.41) is 11.0. The maximum Gasteiger partial charge on any atom is 0.203 e. The lowest BCUT2D eigenvalue weighted by molar-refractivity contribution is 0.886. The fraction of sp³-hybridized carbons (Fsp3) is 0.0400. The van der Waals surface area contributed by atoms with Gasteiger partial charge in [0, 0.05) is 11.3 Å². The van der Waals surface area contributed by atoms with Gasteiger partial charge in [-0.15, -0.1) is 32.9 Å². The molecule has 0 atom stereocenters. The van der Waals surface area contributed by atoms with E-state index < -0.39 is 0 Å². The van der Waals surface area contributed by atoms with Crippen molar-refractivity contribution >= 4 is 44.7 Å². The summed E-state index contributed by atoms with van der Waals surface area (Å²) in [6, 6.07) is 28.6. The van der Waals surface area contributed by atoms with Crippen LogP contribution in [0.15, 0.2) is 94.4 Å². The Kier molecular flexibility index (Phi) is 5.26. The Hall–Kier alpha value is -3.33. The predicted octanol–water partition coefficient (Wildman–Crippen LogP) is 7.13. The van der Waals surface area contributed by atoms with E-state index >= 15 is 0 Å².